The first kappa shape index (κ1) is 37.8. The number of pyridine rings is 1. The maximum atomic E-state index is 11.7. The van der Waals surface area contributed by atoms with Gasteiger partial charge in [-0.2, -0.15) is 0 Å². The molecule has 1 aromatic heterocycles. The Morgan fingerprint density at radius 3 is 2.08 bits per heavy atom. The fourth-order valence-electron chi connectivity index (χ4n) is 6.57. The van der Waals surface area contributed by atoms with E-state index in [4.69, 9.17) is 9.72 Å². The third kappa shape index (κ3) is 8.76. The van der Waals surface area contributed by atoms with E-state index in [9.17, 15) is 9.90 Å². The quantitative estimate of drug-likeness (QED) is 0.0849. The van der Waals surface area contributed by atoms with Crippen molar-refractivity contribution >= 4 is 16.6 Å². The second-order valence-electron chi connectivity index (χ2n) is 13.1. The maximum Gasteiger partial charge on any atom is 0.162 e. The molecule has 0 spiro atoms. The van der Waals surface area contributed by atoms with Crippen molar-refractivity contribution in [1.82, 2.24) is 4.98 Å². The van der Waals surface area contributed by atoms with E-state index in [0.29, 0.717) is 5.92 Å². The molecule has 0 fully saturated rings. The summed E-state index contributed by atoms with van der Waals surface area (Å²) in [5.41, 5.74) is 7.71. The molecule has 1 aliphatic heterocycles. The number of aliphatic hydroxyl groups excluding tert-OH is 1. The molecule has 5 aromatic rings. The summed E-state index contributed by atoms with van der Waals surface area (Å²) in [7, 11) is 0. The Morgan fingerprint density at radius 2 is 1.43 bits per heavy atom. The van der Waals surface area contributed by atoms with Gasteiger partial charge in [-0.05, 0) is 83.3 Å². The van der Waals surface area contributed by atoms with Gasteiger partial charge in [0.25, 0.3) is 0 Å². The Morgan fingerprint density at radius 1 is 0.796 bits per heavy atom. The van der Waals surface area contributed by atoms with Crippen LogP contribution in [0.25, 0.3) is 44.3 Å². The van der Waals surface area contributed by atoms with Crippen LogP contribution in [-0.2, 0) is 31.3 Å². The van der Waals surface area contributed by atoms with Gasteiger partial charge in [0.2, 0.25) is 0 Å². The summed E-state index contributed by atoms with van der Waals surface area (Å²) in [6, 6.07) is 33.1. The molecule has 0 saturated heterocycles. The summed E-state index contributed by atoms with van der Waals surface area (Å²) in [4.78, 5) is 16.5. The van der Waals surface area contributed by atoms with E-state index in [1.807, 2.05) is 52.1 Å². The number of nitrogens with zero attached hydrogens (tertiary/aromatic N) is 1. The van der Waals surface area contributed by atoms with E-state index in [1.54, 1.807) is 0 Å². The zero-order valence-corrected chi connectivity index (χ0v) is 31.9. The first-order valence-electron chi connectivity index (χ1n) is 17.5. The molecule has 0 amide bonds. The average molecular weight is 831 g/mol. The van der Waals surface area contributed by atoms with Crippen LogP contribution >= 0.6 is 0 Å². The van der Waals surface area contributed by atoms with Gasteiger partial charge >= 0.3 is 0 Å². The first-order valence-corrected chi connectivity index (χ1v) is 17.5. The number of carbonyl (C=O) groups is 1. The molecule has 0 aliphatic carbocycles. The SMILES string of the molecule is CC(C)Cc1ccc2c(-c3[c-]cc4c(c3)Oc3ccccc3-c3ccccc3-4)nccc2c1.CCC(CC)C(=O)/C=C(\O)C(CC)CC.[Ir]. The minimum Gasteiger partial charge on any atom is -0.512 e. The Labute approximate surface area is 306 Å². The minimum absolute atomic E-state index is 0. The van der Waals surface area contributed by atoms with Gasteiger partial charge < -0.3 is 14.8 Å². The van der Waals surface area contributed by atoms with Gasteiger partial charge in [0.15, 0.2) is 5.78 Å². The molecule has 4 nitrogen and oxygen atoms in total. The Bertz CT molecular complexity index is 1900. The standard InChI is InChI=1S/C31H24NO.C13H24O2.Ir/c1-20(2)17-21-11-13-24-22(18-21)15-16-32-31(24)23-12-14-28-26-8-4-3-7-25(26)27-9-5-6-10-29(27)33-30(28)19-23;1-5-10(6-2)12(14)9-13(15)11(7-3)8-4;/h3-11,13-16,18-20H,17H2,1-2H3;9-11,14H,5-8H2,1-4H3;/q-1;;/b;12-9-;. The van der Waals surface area contributed by atoms with Gasteiger partial charge in [0.1, 0.15) is 5.75 Å². The summed E-state index contributed by atoms with van der Waals surface area (Å²) in [5, 5.41) is 12.1. The molecule has 4 aromatic carbocycles. The van der Waals surface area contributed by atoms with Crippen LogP contribution in [0.4, 0.5) is 0 Å². The largest absolute Gasteiger partial charge is 0.512 e. The summed E-state index contributed by atoms with van der Waals surface area (Å²) >= 11 is 0. The van der Waals surface area contributed by atoms with Crippen LogP contribution in [0.3, 0.4) is 0 Å². The smallest absolute Gasteiger partial charge is 0.162 e. The molecule has 6 rings (SSSR count). The number of carbonyl (C=O) groups excluding carboxylic acids is 1. The van der Waals surface area contributed by atoms with E-state index < -0.39 is 0 Å². The van der Waals surface area contributed by atoms with Crippen LogP contribution in [0.15, 0.2) is 103 Å². The molecule has 0 atom stereocenters. The molecule has 0 unspecified atom stereocenters. The Hall–Kier alpha value is -4.05. The predicted molar refractivity (Wildman–Crippen MR) is 199 cm³/mol. The molecular formula is C44H48IrNO3-. The van der Waals surface area contributed by atoms with E-state index in [-0.39, 0.29) is 43.5 Å². The zero-order chi connectivity index (χ0) is 34.2. The van der Waals surface area contributed by atoms with Crippen LogP contribution in [0.2, 0.25) is 0 Å². The van der Waals surface area contributed by atoms with E-state index in [2.05, 4.69) is 86.6 Å². The van der Waals surface area contributed by atoms with Gasteiger partial charge in [-0.3, -0.25) is 4.79 Å². The number of fused-ring (bicyclic) bond motifs is 6. The number of para-hydroxylation sites is 1. The molecule has 1 N–H and O–H groups in total. The minimum atomic E-state index is 0. The third-order valence-electron chi connectivity index (χ3n) is 9.34. The number of hydrogen-bond acceptors (Lipinski definition) is 4. The summed E-state index contributed by atoms with van der Waals surface area (Å²) in [6.45, 7) is 12.6. The second-order valence-corrected chi connectivity index (χ2v) is 13.1. The molecule has 5 heteroatoms. The molecule has 0 saturated carbocycles. The van der Waals surface area contributed by atoms with Gasteiger partial charge in [-0.15, -0.1) is 17.7 Å². The average Bonchev–Trinajstić information content (AvgIpc) is 3.23. The number of ether oxygens (including phenoxy) is 1. The first-order chi connectivity index (χ1) is 23.3. The molecule has 1 aliphatic rings. The number of allylic oxidation sites excluding steroid dienone is 2. The molecule has 2 heterocycles. The number of aromatic nitrogens is 1. The number of aliphatic hydroxyl groups is 1. The van der Waals surface area contributed by atoms with Crippen molar-refractivity contribution in [2.75, 3.05) is 0 Å². The number of rotatable bonds is 10. The van der Waals surface area contributed by atoms with Crippen molar-refractivity contribution in [3.8, 4) is 45.0 Å². The summed E-state index contributed by atoms with van der Waals surface area (Å²) in [5.74, 6) is 2.87. The van der Waals surface area contributed by atoms with Crippen LogP contribution in [0.5, 0.6) is 11.5 Å². The van der Waals surface area contributed by atoms with Crippen molar-refractivity contribution in [3.63, 3.8) is 0 Å². The predicted octanol–water partition coefficient (Wildman–Crippen LogP) is 12.2. The second kappa shape index (κ2) is 17.6. The molecular weight excluding hydrogens is 783 g/mol. The van der Waals surface area contributed by atoms with E-state index in [1.165, 1.54) is 22.6 Å². The number of benzene rings is 4. The van der Waals surface area contributed by atoms with Crippen molar-refractivity contribution in [2.45, 2.75) is 73.6 Å². The maximum absolute atomic E-state index is 11.7. The van der Waals surface area contributed by atoms with Crippen LogP contribution in [0, 0.1) is 23.8 Å². The van der Waals surface area contributed by atoms with Crippen LogP contribution in [-0.4, -0.2) is 15.9 Å². The van der Waals surface area contributed by atoms with Crippen LogP contribution in [0.1, 0.15) is 72.8 Å². The van der Waals surface area contributed by atoms with Gasteiger partial charge in [0.05, 0.1) is 11.5 Å². The van der Waals surface area contributed by atoms with Crippen molar-refractivity contribution in [2.24, 2.45) is 17.8 Å². The molecule has 0 bridgehead atoms. The van der Waals surface area contributed by atoms with Crippen molar-refractivity contribution in [3.05, 3.63) is 115 Å². The molecule has 1 radical (unpaired) electrons. The fourth-order valence-corrected chi connectivity index (χ4v) is 6.57. The van der Waals surface area contributed by atoms with Crippen molar-refractivity contribution in [1.29, 1.82) is 0 Å². The summed E-state index contributed by atoms with van der Waals surface area (Å²) in [6.07, 6.45) is 7.87. The molecule has 257 valence electrons. The number of hydrogen-bond donors (Lipinski definition) is 1. The number of ketones is 1. The topological polar surface area (TPSA) is 59.4 Å². The van der Waals surface area contributed by atoms with Crippen molar-refractivity contribution < 1.29 is 34.7 Å². The van der Waals surface area contributed by atoms with Gasteiger partial charge in [-0.25, -0.2) is 0 Å². The van der Waals surface area contributed by atoms with Gasteiger partial charge in [-0.1, -0.05) is 114 Å². The third-order valence-corrected chi connectivity index (χ3v) is 9.34. The fraction of sp³-hybridized carbons (Fsp3) is 0.318. The van der Waals surface area contributed by atoms with Gasteiger partial charge in [0, 0.05) is 49.8 Å². The Kier molecular flexibility index (Phi) is 13.5. The van der Waals surface area contributed by atoms with E-state index in [0.717, 1.165) is 76.9 Å². The normalized spacial score (nSPS) is 11.9. The molecule has 49 heavy (non-hydrogen) atoms. The summed E-state index contributed by atoms with van der Waals surface area (Å²) < 4.78 is 6.47. The Balaban J connectivity index is 0.000000290. The monoisotopic (exact) mass is 831 g/mol. The van der Waals surface area contributed by atoms with Crippen LogP contribution < -0.4 is 4.74 Å². The zero-order valence-electron chi connectivity index (χ0n) is 29.5. The van der Waals surface area contributed by atoms with E-state index >= 15 is 0 Å².